The molecule has 1 fully saturated rings. The van der Waals surface area contributed by atoms with Gasteiger partial charge in [0.15, 0.2) is 0 Å². The smallest absolute Gasteiger partial charge is 0.410 e. The number of ether oxygens (including phenoxy) is 2. The summed E-state index contributed by atoms with van der Waals surface area (Å²) in [7, 11) is 0. The highest BCUT2D eigenvalue weighted by atomic mass is 32.1. The van der Waals surface area contributed by atoms with Crippen molar-refractivity contribution in [2.75, 3.05) is 19.7 Å². The molecule has 0 bridgehead atoms. The summed E-state index contributed by atoms with van der Waals surface area (Å²) in [5, 5.41) is 1.05. The maximum Gasteiger partial charge on any atom is 0.410 e. The van der Waals surface area contributed by atoms with Crippen LogP contribution in [0.25, 0.3) is 10.6 Å². The van der Waals surface area contributed by atoms with Crippen molar-refractivity contribution in [2.45, 2.75) is 32.8 Å². The van der Waals surface area contributed by atoms with E-state index in [-0.39, 0.29) is 6.09 Å². The second-order valence-electron chi connectivity index (χ2n) is 7.79. The summed E-state index contributed by atoms with van der Waals surface area (Å²) in [4.78, 5) is 19.9. The Hall–Kier alpha value is -2.86. The van der Waals surface area contributed by atoms with Crippen molar-refractivity contribution in [3.05, 3.63) is 71.2 Å². The third-order valence-corrected chi connectivity index (χ3v) is 6.76. The highest BCUT2D eigenvalue weighted by Crippen LogP contribution is 2.27. The van der Waals surface area contributed by atoms with Crippen LogP contribution in [0.15, 0.2) is 60.8 Å². The van der Waals surface area contributed by atoms with Crippen LogP contribution in [0.5, 0.6) is 5.75 Å². The lowest BCUT2D eigenvalue weighted by Gasteiger charge is -2.31. The molecule has 4 rings (SSSR count). The molecule has 0 spiro atoms. The minimum atomic E-state index is -0.229. The van der Waals surface area contributed by atoms with Gasteiger partial charge in [0.1, 0.15) is 17.4 Å². The number of aromatic nitrogens is 1. The molecule has 2 heterocycles. The Labute approximate surface area is 187 Å². The second kappa shape index (κ2) is 10.4. The Morgan fingerprint density at radius 3 is 2.52 bits per heavy atom. The number of carbonyl (C=O) groups excluding carboxylic acids is 1. The average Bonchev–Trinajstić information content (AvgIpc) is 3.32. The van der Waals surface area contributed by atoms with E-state index in [1.807, 2.05) is 48.7 Å². The van der Waals surface area contributed by atoms with E-state index in [4.69, 9.17) is 9.47 Å². The number of hydrogen-bond donors (Lipinski definition) is 0. The topological polar surface area (TPSA) is 51.7 Å². The molecule has 162 valence electrons. The van der Waals surface area contributed by atoms with Crippen molar-refractivity contribution in [3.63, 3.8) is 0 Å². The van der Waals surface area contributed by atoms with E-state index >= 15 is 0 Å². The lowest BCUT2D eigenvalue weighted by molar-refractivity contribution is 0.0761. The number of benzene rings is 2. The first-order valence-electron chi connectivity index (χ1n) is 10.8. The molecule has 1 aliphatic heterocycles. The van der Waals surface area contributed by atoms with Crippen LogP contribution < -0.4 is 4.74 Å². The molecule has 0 radical (unpaired) electrons. The summed E-state index contributed by atoms with van der Waals surface area (Å²) >= 11 is 1.74. The standard InChI is InChI=1S/C25H28N2O3S/c1-2-23-16-26-24(31-23)21-8-10-22(11-9-21)29-17-20-12-14-27(15-13-20)25(28)30-18-19-6-4-3-5-7-19/h3-11,16,20H,2,12-15,17-18H2,1H3. The largest absolute Gasteiger partial charge is 0.493 e. The number of rotatable bonds is 7. The van der Waals surface area contributed by atoms with Gasteiger partial charge in [-0.05, 0) is 55.0 Å². The van der Waals surface area contributed by atoms with Gasteiger partial charge in [0.05, 0.1) is 6.61 Å². The molecular weight excluding hydrogens is 408 g/mol. The van der Waals surface area contributed by atoms with Crippen LogP contribution in [0.4, 0.5) is 4.79 Å². The monoisotopic (exact) mass is 436 g/mol. The molecule has 1 aliphatic rings. The zero-order valence-corrected chi connectivity index (χ0v) is 18.6. The fraction of sp³-hybridized carbons (Fsp3) is 0.360. The zero-order valence-electron chi connectivity index (χ0n) is 17.8. The second-order valence-corrected chi connectivity index (χ2v) is 8.91. The third kappa shape index (κ3) is 5.85. The Morgan fingerprint density at radius 1 is 1.10 bits per heavy atom. The zero-order chi connectivity index (χ0) is 21.5. The first-order valence-corrected chi connectivity index (χ1v) is 11.7. The summed E-state index contributed by atoms with van der Waals surface area (Å²) in [6.45, 7) is 4.56. The number of likely N-dealkylation sites (tertiary alicyclic amines) is 1. The van der Waals surface area contributed by atoms with Gasteiger partial charge in [-0.25, -0.2) is 9.78 Å². The molecule has 1 aromatic heterocycles. The first-order chi connectivity index (χ1) is 15.2. The van der Waals surface area contributed by atoms with Crippen LogP contribution in [0, 0.1) is 5.92 Å². The quantitative estimate of drug-likeness (QED) is 0.470. The number of nitrogens with zero attached hydrogens (tertiary/aromatic N) is 2. The van der Waals surface area contributed by atoms with E-state index in [0.717, 1.165) is 41.1 Å². The number of thiazole rings is 1. The van der Waals surface area contributed by atoms with Crippen LogP contribution in [0.3, 0.4) is 0 Å². The molecule has 0 atom stereocenters. The van der Waals surface area contributed by atoms with E-state index in [0.29, 0.717) is 32.2 Å². The molecule has 2 aromatic carbocycles. The SMILES string of the molecule is CCc1cnc(-c2ccc(OCC3CCN(C(=O)OCc4ccccc4)CC3)cc2)s1. The van der Waals surface area contributed by atoms with Crippen molar-refractivity contribution >= 4 is 17.4 Å². The first kappa shape index (κ1) is 21.4. The fourth-order valence-electron chi connectivity index (χ4n) is 3.61. The molecule has 0 aliphatic carbocycles. The van der Waals surface area contributed by atoms with Gasteiger partial charge in [-0.3, -0.25) is 0 Å². The summed E-state index contributed by atoms with van der Waals surface area (Å²) in [6, 6.07) is 17.9. The van der Waals surface area contributed by atoms with Gasteiger partial charge < -0.3 is 14.4 Å². The molecule has 3 aromatic rings. The van der Waals surface area contributed by atoms with Gasteiger partial charge in [0.25, 0.3) is 0 Å². The maximum atomic E-state index is 12.3. The molecule has 1 amide bonds. The summed E-state index contributed by atoms with van der Waals surface area (Å²) in [5.41, 5.74) is 2.13. The van der Waals surface area contributed by atoms with Crippen LogP contribution >= 0.6 is 11.3 Å². The number of piperidine rings is 1. The molecule has 0 unspecified atom stereocenters. The minimum absolute atomic E-state index is 0.229. The fourth-order valence-corrected chi connectivity index (χ4v) is 4.46. The van der Waals surface area contributed by atoms with Crippen molar-refractivity contribution < 1.29 is 14.3 Å². The summed E-state index contributed by atoms with van der Waals surface area (Å²) in [5.74, 6) is 1.32. The van der Waals surface area contributed by atoms with Crippen molar-refractivity contribution in [2.24, 2.45) is 5.92 Å². The predicted molar refractivity (Wildman–Crippen MR) is 123 cm³/mol. The molecular formula is C25H28N2O3S. The van der Waals surface area contributed by atoms with Gasteiger partial charge >= 0.3 is 6.09 Å². The van der Waals surface area contributed by atoms with Gasteiger partial charge in [0, 0.05) is 29.7 Å². The van der Waals surface area contributed by atoms with E-state index in [1.54, 1.807) is 16.2 Å². The van der Waals surface area contributed by atoms with Crippen molar-refractivity contribution in [3.8, 4) is 16.3 Å². The van der Waals surface area contributed by atoms with Crippen LogP contribution in [-0.2, 0) is 17.8 Å². The third-order valence-electron chi connectivity index (χ3n) is 5.57. The lowest BCUT2D eigenvalue weighted by Crippen LogP contribution is -2.39. The molecule has 0 N–H and O–H groups in total. The Bertz CT molecular complexity index is 964. The normalized spacial score (nSPS) is 14.4. The highest BCUT2D eigenvalue weighted by molar-refractivity contribution is 7.15. The van der Waals surface area contributed by atoms with Gasteiger partial charge in [-0.15, -0.1) is 11.3 Å². The Morgan fingerprint density at radius 2 is 1.84 bits per heavy atom. The van der Waals surface area contributed by atoms with E-state index in [2.05, 4.69) is 24.0 Å². The predicted octanol–water partition coefficient (Wildman–Crippen LogP) is 5.80. The molecule has 31 heavy (non-hydrogen) atoms. The number of carbonyl (C=O) groups is 1. The van der Waals surface area contributed by atoms with Gasteiger partial charge in [-0.1, -0.05) is 37.3 Å². The van der Waals surface area contributed by atoms with Crippen molar-refractivity contribution in [1.29, 1.82) is 0 Å². The number of hydrogen-bond acceptors (Lipinski definition) is 5. The van der Waals surface area contributed by atoms with E-state index in [9.17, 15) is 4.79 Å². The van der Waals surface area contributed by atoms with Crippen molar-refractivity contribution in [1.82, 2.24) is 9.88 Å². The number of aryl methyl sites for hydroxylation is 1. The van der Waals surface area contributed by atoms with Crippen LogP contribution in [0.2, 0.25) is 0 Å². The van der Waals surface area contributed by atoms with Gasteiger partial charge in [0.2, 0.25) is 0 Å². The van der Waals surface area contributed by atoms with Crippen LogP contribution in [-0.4, -0.2) is 35.7 Å². The lowest BCUT2D eigenvalue weighted by atomic mass is 9.98. The highest BCUT2D eigenvalue weighted by Gasteiger charge is 2.24. The summed E-state index contributed by atoms with van der Waals surface area (Å²) in [6.07, 6.45) is 4.60. The van der Waals surface area contributed by atoms with E-state index < -0.39 is 0 Å². The average molecular weight is 437 g/mol. The molecule has 0 saturated carbocycles. The molecule has 1 saturated heterocycles. The Balaban J connectivity index is 1.19. The number of amides is 1. The molecule has 5 nitrogen and oxygen atoms in total. The molecule has 6 heteroatoms. The maximum absolute atomic E-state index is 12.3. The van der Waals surface area contributed by atoms with Crippen LogP contribution in [0.1, 0.15) is 30.2 Å². The Kier molecular flexibility index (Phi) is 7.20. The van der Waals surface area contributed by atoms with Gasteiger partial charge in [-0.2, -0.15) is 0 Å². The summed E-state index contributed by atoms with van der Waals surface area (Å²) < 4.78 is 11.5. The van der Waals surface area contributed by atoms with E-state index in [1.165, 1.54) is 4.88 Å². The minimum Gasteiger partial charge on any atom is -0.493 e.